The molecule has 1 aliphatic heterocycles. The highest BCUT2D eigenvalue weighted by atomic mass is 16.5. The van der Waals surface area contributed by atoms with Crippen LogP contribution in [0.3, 0.4) is 0 Å². The molecule has 7 nitrogen and oxygen atoms in total. The molecular weight excluding hydrogens is 430 g/mol. The van der Waals surface area contributed by atoms with Gasteiger partial charge in [0, 0.05) is 37.3 Å². The van der Waals surface area contributed by atoms with Gasteiger partial charge in [0.05, 0.1) is 6.61 Å². The van der Waals surface area contributed by atoms with E-state index in [1.54, 1.807) is 34.1 Å². The van der Waals surface area contributed by atoms with E-state index >= 15 is 0 Å². The van der Waals surface area contributed by atoms with E-state index in [1.165, 1.54) is 5.56 Å². The molecule has 3 rings (SSSR count). The van der Waals surface area contributed by atoms with Gasteiger partial charge in [-0.25, -0.2) is 0 Å². The van der Waals surface area contributed by atoms with E-state index in [2.05, 4.69) is 12.2 Å². The van der Waals surface area contributed by atoms with E-state index in [0.717, 1.165) is 6.42 Å². The van der Waals surface area contributed by atoms with Crippen LogP contribution in [0.1, 0.15) is 54.0 Å². The van der Waals surface area contributed by atoms with Crippen molar-refractivity contribution in [1.82, 2.24) is 15.1 Å². The van der Waals surface area contributed by atoms with Crippen LogP contribution in [0.25, 0.3) is 0 Å². The first-order valence-corrected chi connectivity index (χ1v) is 12.0. The first-order valence-electron chi connectivity index (χ1n) is 12.0. The highest BCUT2D eigenvalue weighted by Crippen LogP contribution is 2.16. The standard InChI is InChI=1S/C27H35N3O4/c1-5-20-7-9-22(10-8-20)26(32)29-15-17-30(18-16-29)27(33)24(19(3)4)28-25(31)21-11-13-23(14-12-21)34-6-2/h7-14,19,24H,5-6,15-18H2,1-4H3,(H,28,31). The number of benzene rings is 2. The maximum absolute atomic E-state index is 13.3. The van der Waals surface area contributed by atoms with Crippen molar-refractivity contribution in [2.24, 2.45) is 5.92 Å². The van der Waals surface area contributed by atoms with Gasteiger partial charge in [0.25, 0.3) is 11.8 Å². The molecule has 1 unspecified atom stereocenters. The summed E-state index contributed by atoms with van der Waals surface area (Å²) in [4.78, 5) is 42.4. The first-order chi connectivity index (χ1) is 16.3. The Morgan fingerprint density at radius 3 is 1.94 bits per heavy atom. The Hall–Kier alpha value is -3.35. The Morgan fingerprint density at radius 1 is 0.853 bits per heavy atom. The lowest BCUT2D eigenvalue weighted by atomic mass is 10.0. The minimum Gasteiger partial charge on any atom is -0.494 e. The van der Waals surface area contributed by atoms with E-state index in [9.17, 15) is 14.4 Å². The number of carbonyl (C=O) groups is 3. The minimum atomic E-state index is -0.636. The lowest BCUT2D eigenvalue weighted by Gasteiger charge is -2.37. The smallest absolute Gasteiger partial charge is 0.253 e. The number of ether oxygens (including phenoxy) is 1. The molecule has 7 heteroatoms. The molecule has 0 aromatic heterocycles. The molecule has 0 bridgehead atoms. The van der Waals surface area contributed by atoms with Crippen LogP contribution in [-0.4, -0.2) is 66.3 Å². The van der Waals surface area contributed by atoms with Crippen molar-refractivity contribution in [3.8, 4) is 5.75 Å². The Bertz CT molecular complexity index is 978. The van der Waals surface area contributed by atoms with E-state index in [1.807, 2.05) is 45.0 Å². The lowest BCUT2D eigenvalue weighted by molar-refractivity contribution is -0.135. The molecule has 0 saturated carbocycles. The average Bonchev–Trinajstić information content (AvgIpc) is 2.87. The topological polar surface area (TPSA) is 79.0 Å². The zero-order valence-electron chi connectivity index (χ0n) is 20.5. The molecule has 34 heavy (non-hydrogen) atoms. The van der Waals surface area contributed by atoms with Gasteiger partial charge in [0.15, 0.2) is 0 Å². The molecule has 0 aliphatic carbocycles. The van der Waals surface area contributed by atoms with Crippen LogP contribution >= 0.6 is 0 Å². The molecule has 1 heterocycles. The maximum atomic E-state index is 13.3. The van der Waals surface area contributed by atoms with Gasteiger partial charge in [-0.2, -0.15) is 0 Å². The minimum absolute atomic E-state index is 0.0148. The van der Waals surface area contributed by atoms with Crippen LogP contribution in [0.5, 0.6) is 5.75 Å². The predicted molar refractivity (Wildman–Crippen MR) is 132 cm³/mol. The maximum Gasteiger partial charge on any atom is 0.253 e. The molecule has 1 saturated heterocycles. The summed E-state index contributed by atoms with van der Waals surface area (Å²) in [5.74, 6) is 0.201. The third-order valence-electron chi connectivity index (χ3n) is 6.13. The molecule has 1 N–H and O–H groups in total. The van der Waals surface area contributed by atoms with E-state index in [0.29, 0.717) is 49.7 Å². The summed E-state index contributed by atoms with van der Waals surface area (Å²) in [5.41, 5.74) is 2.34. The summed E-state index contributed by atoms with van der Waals surface area (Å²) in [7, 11) is 0. The second-order valence-corrected chi connectivity index (χ2v) is 8.82. The monoisotopic (exact) mass is 465 g/mol. The number of hydrogen-bond acceptors (Lipinski definition) is 4. The molecular formula is C27H35N3O4. The summed E-state index contributed by atoms with van der Waals surface area (Å²) in [6, 6.07) is 13.9. The summed E-state index contributed by atoms with van der Waals surface area (Å²) < 4.78 is 5.42. The van der Waals surface area contributed by atoms with Crippen LogP contribution in [0.2, 0.25) is 0 Å². The Labute approximate surface area is 202 Å². The van der Waals surface area contributed by atoms with Gasteiger partial charge in [-0.05, 0) is 61.2 Å². The second kappa shape index (κ2) is 11.7. The molecule has 1 fully saturated rings. The van der Waals surface area contributed by atoms with E-state index in [4.69, 9.17) is 4.74 Å². The molecule has 3 amide bonds. The summed E-state index contributed by atoms with van der Waals surface area (Å²) in [6.07, 6.45) is 0.932. The van der Waals surface area contributed by atoms with Crippen LogP contribution in [0.15, 0.2) is 48.5 Å². The highest BCUT2D eigenvalue weighted by Gasteiger charge is 2.32. The van der Waals surface area contributed by atoms with Gasteiger partial charge in [-0.15, -0.1) is 0 Å². The molecule has 2 aromatic rings. The number of nitrogens with one attached hydrogen (secondary N) is 1. The normalized spacial score (nSPS) is 14.6. The number of amides is 3. The quantitative estimate of drug-likeness (QED) is 0.648. The fourth-order valence-electron chi connectivity index (χ4n) is 4.00. The van der Waals surface area contributed by atoms with Crippen molar-refractivity contribution in [3.63, 3.8) is 0 Å². The van der Waals surface area contributed by atoms with E-state index in [-0.39, 0.29) is 23.6 Å². The molecule has 2 aromatic carbocycles. The summed E-state index contributed by atoms with van der Waals surface area (Å²) in [6.45, 7) is 10.2. The van der Waals surface area contributed by atoms with Gasteiger partial charge in [-0.1, -0.05) is 32.9 Å². The van der Waals surface area contributed by atoms with Crippen molar-refractivity contribution < 1.29 is 19.1 Å². The highest BCUT2D eigenvalue weighted by molar-refractivity contribution is 5.98. The van der Waals surface area contributed by atoms with Crippen LogP contribution in [0, 0.1) is 5.92 Å². The number of piperazine rings is 1. The number of hydrogen-bond donors (Lipinski definition) is 1. The van der Waals surface area contributed by atoms with Gasteiger partial charge >= 0.3 is 0 Å². The van der Waals surface area contributed by atoms with Gasteiger partial charge < -0.3 is 19.9 Å². The van der Waals surface area contributed by atoms with Crippen molar-refractivity contribution in [2.75, 3.05) is 32.8 Å². The van der Waals surface area contributed by atoms with Gasteiger partial charge in [0.2, 0.25) is 5.91 Å². The van der Waals surface area contributed by atoms with Crippen molar-refractivity contribution in [3.05, 3.63) is 65.2 Å². The number of aryl methyl sites for hydroxylation is 1. The van der Waals surface area contributed by atoms with Crippen molar-refractivity contribution >= 4 is 17.7 Å². The van der Waals surface area contributed by atoms with Crippen molar-refractivity contribution in [2.45, 2.75) is 40.2 Å². The third-order valence-corrected chi connectivity index (χ3v) is 6.13. The molecule has 1 aliphatic rings. The zero-order chi connectivity index (χ0) is 24.7. The Balaban J connectivity index is 1.58. The second-order valence-electron chi connectivity index (χ2n) is 8.82. The van der Waals surface area contributed by atoms with Crippen molar-refractivity contribution in [1.29, 1.82) is 0 Å². The fourth-order valence-corrected chi connectivity index (χ4v) is 4.00. The van der Waals surface area contributed by atoms with Gasteiger partial charge in [-0.3, -0.25) is 14.4 Å². The fraction of sp³-hybridized carbons (Fsp3) is 0.444. The largest absolute Gasteiger partial charge is 0.494 e. The average molecular weight is 466 g/mol. The van der Waals surface area contributed by atoms with Crippen LogP contribution in [0.4, 0.5) is 0 Å². The van der Waals surface area contributed by atoms with Gasteiger partial charge in [0.1, 0.15) is 11.8 Å². The number of nitrogens with zero attached hydrogens (tertiary/aromatic N) is 2. The molecule has 0 radical (unpaired) electrons. The van der Waals surface area contributed by atoms with E-state index < -0.39 is 6.04 Å². The Kier molecular flexibility index (Phi) is 8.68. The predicted octanol–water partition coefficient (Wildman–Crippen LogP) is 3.39. The van der Waals surface area contributed by atoms with Crippen LogP contribution in [-0.2, 0) is 11.2 Å². The lowest BCUT2D eigenvalue weighted by Crippen LogP contribution is -2.57. The number of rotatable bonds is 8. The van der Waals surface area contributed by atoms with Crippen LogP contribution < -0.4 is 10.1 Å². The Morgan fingerprint density at radius 2 is 1.41 bits per heavy atom. The molecule has 182 valence electrons. The SMILES string of the molecule is CCOc1ccc(C(=O)NC(C(=O)N2CCN(C(=O)c3ccc(CC)cc3)CC2)C(C)C)cc1. The number of carbonyl (C=O) groups excluding carboxylic acids is 3. The summed E-state index contributed by atoms with van der Waals surface area (Å²) in [5, 5.41) is 2.90. The summed E-state index contributed by atoms with van der Waals surface area (Å²) >= 11 is 0. The zero-order valence-corrected chi connectivity index (χ0v) is 20.5. The third kappa shape index (κ3) is 6.16. The molecule has 0 spiro atoms. The first kappa shape index (κ1) is 25.3. The molecule has 1 atom stereocenters.